The van der Waals surface area contributed by atoms with Gasteiger partial charge in [-0.1, -0.05) is 133 Å². The van der Waals surface area contributed by atoms with E-state index in [9.17, 15) is 0 Å². The summed E-state index contributed by atoms with van der Waals surface area (Å²) in [5, 5.41) is 18.0. The van der Waals surface area contributed by atoms with E-state index in [4.69, 9.17) is 40.0 Å². The van der Waals surface area contributed by atoms with E-state index in [2.05, 4.69) is 213 Å². The Morgan fingerprint density at radius 2 is 0.740 bits per heavy atom. The molecule has 468 valence electrons. The molecular weight excluding hydrogens is 1550 g/mol. The molecule has 6 aromatic carbocycles. The molecule has 0 radical (unpaired) electrons. The molecule has 0 spiro atoms. The summed E-state index contributed by atoms with van der Waals surface area (Å²) in [4.78, 5) is 47.9. The number of pyridine rings is 4. The van der Waals surface area contributed by atoms with Crippen molar-refractivity contribution in [1.82, 2.24) is 60.3 Å². The first-order valence-electron chi connectivity index (χ1n) is 31.0. The molecule has 6 aliphatic rings. The van der Waals surface area contributed by atoms with Crippen molar-refractivity contribution in [1.29, 1.82) is 0 Å². The van der Waals surface area contributed by atoms with Crippen LogP contribution in [0.5, 0.6) is 0 Å². The zero-order chi connectivity index (χ0) is 62.3. The van der Waals surface area contributed by atoms with Crippen molar-refractivity contribution in [3.05, 3.63) is 360 Å². The average Bonchev–Trinajstić information content (AvgIpc) is 1.59. The van der Waals surface area contributed by atoms with Crippen molar-refractivity contribution in [2.45, 2.75) is 21.9 Å². The van der Waals surface area contributed by atoms with Crippen LogP contribution in [0.2, 0.25) is 0 Å². The predicted molar refractivity (Wildman–Crippen MR) is 357 cm³/mol. The van der Waals surface area contributed by atoms with Gasteiger partial charge >= 0.3 is 0 Å². The van der Waals surface area contributed by atoms with Crippen molar-refractivity contribution in [2.24, 2.45) is 0 Å². The van der Waals surface area contributed by atoms with Gasteiger partial charge in [0.15, 0.2) is 0 Å². The number of nitrogens with zero attached hydrogens (tertiary/aromatic N) is 16. The maximum Gasteiger partial charge on any atom is 0.142 e. The average molecular weight is 1600 g/mol. The molecule has 0 N–H and O–H groups in total. The molecule has 20 rings (SSSR count). The third kappa shape index (κ3) is 7.73. The van der Waals surface area contributed by atoms with Gasteiger partial charge in [0, 0.05) is 125 Å². The summed E-state index contributed by atoms with van der Waals surface area (Å²) in [5.41, 5.74) is 19.0. The maximum atomic E-state index is 5.13. The standard InChI is InChI=1S/2C39H25N8.2Pt/c1-46-24-47(37-36(46)42-21-22-43-37)39(32-16-5-3-12-28(32)30-14-8-19-41-35(30)39)26-10-6-9-25(23-26)38(33-17-20-44-45-33)31-15-4-2-11-27(31)29-13-7-18-40-34(29)38;1-46-24-47(37-36(46)42-22-23-43-37)39(32-13-5-3-9-28(32)30-11-7-20-41-35(30)39)26-16-14-25(15-17-26)38(33-18-21-44-45-33)31-12-4-2-8-27(31)29-10-6-19-40-34(29)38;;/h2-22,24H,1H3;2-14,16-24H,1H3;;/q2*-3;;. The summed E-state index contributed by atoms with van der Waals surface area (Å²) in [5.74, 6) is 3.07. The summed E-state index contributed by atoms with van der Waals surface area (Å²) < 4.78 is 0. The van der Waals surface area contributed by atoms with Gasteiger partial charge in [0.05, 0.1) is 44.7 Å². The Balaban J connectivity index is 0.000000142. The minimum absolute atomic E-state index is 0. The first kappa shape index (κ1) is 58.9. The second-order valence-corrected chi connectivity index (χ2v) is 24.1. The molecule has 0 saturated heterocycles. The van der Waals surface area contributed by atoms with Crippen molar-refractivity contribution in [3.8, 4) is 44.5 Å². The van der Waals surface area contributed by atoms with Crippen molar-refractivity contribution in [2.75, 3.05) is 33.7 Å². The number of benzene rings is 6. The fraction of sp³-hybridized carbons (Fsp3) is 0.0769. The monoisotopic (exact) mass is 1600 g/mol. The molecule has 0 bridgehead atoms. The summed E-state index contributed by atoms with van der Waals surface area (Å²) in [6, 6.07) is 75.3. The minimum atomic E-state index is -0.914. The van der Waals surface area contributed by atoms with E-state index in [-0.39, 0.29) is 42.1 Å². The maximum absolute atomic E-state index is 5.13. The number of aromatic nitrogens is 12. The van der Waals surface area contributed by atoms with Crippen LogP contribution in [0.15, 0.2) is 256 Å². The normalized spacial score (nSPS) is 19.6. The SMILES string of the molecule is CN1[CH-]N(C2(c3[c-]c(C4(c5cc[n-]n5)c5ccccc5-c5cccnc54)ccc3)c3ccccc3-c3cccnc32)c2nccnc21.CN1[CH-]N(C2(c3c[c-]c(C4(c5cc[n-]n5)c5ccccc5-c5cccnc54)cc3)c3ccccc3-c3cccnc32)c2nccnc21.[Pt].[Pt]. The zero-order valence-corrected chi connectivity index (χ0v) is 55.7. The Kier molecular flexibility index (Phi) is 13.7. The fourth-order valence-corrected chi connectivity index (χ4v) is 16.2. The predicted octanol–water partition coefficient (Wildman–Crippen LogP) is 12.3. The zero-order valence-electron chi connectivity index (χ0n) is 51.2. The molecule has 2 aliphatic heterocycles. The van der Waals surface area contributed by atoms with Crippen molar-refractivity contribution in [3.63, 3.8) is 0 Å². The third-order valence-corrected chi connectivity index (χ3v) is 19.7. The number of anilines is 4. The van der Waals surface area contributed by atoms with Crippen LogP contribution in [0.4, 0.5) is 23.3 Å². The van der Waals surface area contributed by atoms with E-state index in [0.717, 1.165) is 146 Å². The van der Waals surface area contributed by atoms with Gasteiger partial charge in [0.2, 0.25) is 0 Å². The second-order valence-electron chi connectivity index (χ2n) is 24.1. The molecule has 16 nitrogen and oxygen atoms in total. The molecule has 4 unspecified atom stereocenters. The van der Waals surface area contributed by atoms with Crippen molar-refractivity contribution >= 4 is 23.3 Å². The Labute approximate surface area is 581 Å². The fourth-order valence-electron chi connectivity index (χ4n) is 16.2. The molecular formula is C78H50N16Pt2-6. The van der Waals surface area contributed by atoms with Gasteiger partial charge in [-0.05, 0) is 82.9 Å². The molecule has 10 heterocycles. The number of fused-ring (bicyclic) bond motifs is 14. The van der Waals surface area contributed by atoms with Gasteiger partial charge in [-0.3, -0.25) is 19.9 Å². The molecule has 8 aromatic heterocycles. The van der Waals surface area contributed by atoms with Crippen LogP contribution in [0.3, 0.4) is 0 Å². The first-order chi connectivity index (χ1) is 46.5. The van der Waals surface area contributed by atoms with Crippen LogP contribution in [-0.4, -0.2) is 64.2 Å². The van der Waals surface area contributed by atoms with E-state index >= 15 is 0 Å². The van der Waals surface area contributed by atoms with Crippen LogP contribution < -0.4 is 29.8 Å². The largest absolute Gasteiger partial charge is 0.581 e. The smallest absolute Gasteiger partial charge is 0.142 e. The summed E-state index contributed by atoms with van der Waals surface area (Å²) in [7, 11) is 4.01. The van der Waals surface area contributed by atoms with Gasteiger partial charge in [0.1, 0.15) is 23.3 Å². The van der Waals surface area contributed by atoms with E-state index in [1.54, 1.807) is 37.2 Å². The van der Waals surface area contributed by atoms with E-state index in [1.807, 2.05) is 85.1 Å². The van der Waals surface area contributed by atoms with Gasteiger partial charge in [-0.15, -0.1) is 22.3 Å². The van der Waals surface area contributed by atoms with Crippen LogP contribution in [0.1, 0.15) is 78.7 Å². The third-order valence-electron chi connectivity index (χ3n) is 19.7. The topological polar surface area (TPSA) is 170 Å². The van der Waals surface area contributed by atoms with Crippen LogP contribution in [-0.2, 0) is 64.0 Å². The summed E-state index contributed by atoms with van der Waals surface area (Å²) in [6.45, 7) is 4.15. The molecule has 0 amide bonds. The van der Waals surface area contributed by atoms with Crippen LogP contribution in [0.25, 0.3) is 44.5 Å². The first-order valence-corrected chi connectivity index (χ1v) is 31.0. The van der Waals surface area contributed by atoms with E-state index < -0.39 is 21.9 Å². The summed E-state index contributed by atoms with van der Waals surface area (Å²) >= 11 is 0. The van der Waals surface area contributed by atoms with Gasteiger partial charge in [-0.25, -0.2) is 19.9 Å². The second kappa shape index (κ2) is 22.4. The Morgan fingerprint density at radius 3 is 1.22 bits per heavy atom. The molecule has 96 heavy (non-hydrogen) atoms. The molecule has 18 heteroatoms. The Bertz CT molecular complexity index is 5170. The molecule has 4 atom stereocenters. The summed E-state index contributed by atoms with van der Waals surface area (Å²) in [6.07, 6.45) is 17.9. The molecule has 4 aliphatic carbocycles. The molecule has 14 aromatic rings. The van der Waals surface area contributed by atoms with Gasteiger partial charge in [-0.2, -0.15) is 74.3 Å². The minimum Gasteiger partial charge on any atom is -0.581 e. The van der Waals surface area contributed by atoms with Crippen LogP contribution in [0, 0.1) is 25.5 Å². The Morgan fingerprint density at radius 1 is 0.344 bits per heavy atom. The van der Waals surface area contributed by atoms with Crippen LogP contribution >= 0.6 is 0 Å². The van der Waals surface area contributed by atoms with E-state index in [0.29, 0.717) is 0 Å². The molecule has 0 saturated carbocycles. The number of rotatable bonds is 8. The van der Waals surface area contributed by atoms with Gasteiger partial charge in [0.25, 0.3) is 0 Å². The number of hydrogen-bond acceptors (Lipinski definition) is 14. The quantitative estimate of drug-likeness (QED) is 0.132. The number of hydrogen-bond donors (Lipinski definition) is 0. The van der Waals surface area contributed by atoms with Gasteiger partial charge < -0.3 is 40.0 Å². The van der Waals surface area contributed by atoms with Crippen molar-refractivity contribution < 1.29 is 42.1 Å². The van der Waals surface area contributed by atoms with E-state index in [1.165, 1.54) is 0 Å². The Hall–Kier alpha value is -10.9. The molecule has 0 fully saturated rings.